The van der Waals surface area contributed by atoms with Crippen molar-refractivity contribution in [3.05, 3.63) is 0 Å². The van der Waals surface area contributed by atoms with Gasteiger partial charge in [0.25, 0.3) is 0 Å². The quantitative estimate of drug-likeness (QED) is 0.257. The minimum absolute atomic E-state index is 0.132. The molecular weight excluding hydrogens is 224 g/mol. The van der Waals surface area contributed by atoms with Crippen LogP contribution in [0.2, 0.25) is 0 Å². The number of amides is 1. The number of carbonyl (C=O) groups excluding carboxylic acids is 1. The molecule has 0 aliphatic carbocycles. The van der Waals surface area contributed by atoms with Crippen molar-refractivity contribution in [2.75, 3.05) is 0 Å². The first-order valence-electron chi connectivity index (χ1n) is 5.45. The van der Waals surface area contributed by atoms with Crippen LogP contribution in [0.1, 0.15) is 45.4 Å². The zero-order valence-electron chi connectivity index (χ0n) is 9.66. The van der Waals surface area contributed by atoms with Gasteiger partial charge in [-0.3, -0.25) is 10.2 Å². The number of carbonyl (C=O) groups is 1. The Morgan fingerprint density at radius 3 is 2.44 bits per heavy atom. The van der Waals surface area contributed by atoms with Crippen LogP contribution < -0.4 is 16.9 Å². The average molecular weight is 244 g/mol. The summed E-state index contributed by atoms with van der Waals surface area (Å²) in [5.74, 6) is -0.321. The second kappa shape index (κ2) is 9.08. The summed E-state index contributed by atoms with van der Waals surface area (Å²) in [6.45, 7) is 2.13. The molecule has 0 aliphatic heterocycles. The van der Waals surface area contributed by atoms with Crippen molar-refractivity contribution < 1.29 is 4.79 Å². The predicted octanol–water partition coefficient (Wildman–Crippen LogP) is 1.02. The molecule has 92 valence electrons. The maximum absolute atomic E-state index is 10.7. The molecule has 0 atom stereocenters. The highest BCUT2D eigenvalue weighted by molar-refractivity contribution is 7.80. The van der Waals surface area contributed by atoms with Gasteiger partial charge in [-0.05, 0) is 31.5 Å². The number of nitrogens with zero attached hydrogens (tertiary/aromatic N) is 1. The van der Waals surface area contributed by atoms with Gasteiger partial charge in [-0.2, -0.15) is 5.10 Å². The molecule has 0 aromatic heterocycles. The Balaban J connectivity index is 4.09. The Hall–Kier alpha value is -1.17. The molecule has 0 saturated carbocycles. The first kappa shape index (κ1) is 14.8. The highest BCUT2D eigenvalue weighted by Gasteiger charge is 2.03. The lowest BCUT2D eigenvalue weighted by Crippen LogP contribution is -2.25. The number of primary amides is 1. The van der Waals surface area contributed by atoms with E-state index < -0.39 is 0 Å². The molecule has 1 amide bonds. The molecule has 5 nitrogen and oxygen atoms in total. The smallest absolute Gasteiger partial charge is 0.217 e. The third-order valence-corrected chi connectivity index (χ3v) is 2.14. The molecule has 6 heteroatoms. The van der Waals surface area contributed by atoms with Gasteiger partial charge in [0.1, 0.15) is 0 Å². The Kier molecular flexibility index (Phi) is 8.42. The van der Waals surface area contributed by atoms with Gasteiger partial charge in [-0.1, -0.05) is 19.8 Å². The van der Waals surface area contributed by atoms with E-state index in [-0.39, 0.29) is 11.0 Å². The van der Waals surface area contributed by atoms with Crippen molar-refractivity contribution in [1.82, 2.24) is 5.43 Å². The fraction of sp³-hybridized carbons (Fsp3) is 0.700. The highest BCUT2D eigenvalue weighted by atomic mass is 32.1. The number of nitrogens with two attached hydrogens (primary N) is 2. The molecule has 0 bridgehead atoms. The SMILES string of the molecule is CCCCCC(CCC(N)=O)=NNC(N)=S. The van der Waals surface area contributed by atoms with E-state index in [4.69, 9.17) is 11.5 Å². The number of thiocarbonyl (C=S) groups is 1. The Labute approximate surface area is 102 Å². The molecule has 0 rings (SSSR count). The third-order valence-electron chi connectivity index (χ3n) is 2.05. The normalized spacial score (nSPS) is 11.2. The summed E-state index contributed by atoms with van der Waals surface area (Å²) < 4.78 is 0. The van der Waals surface area contributed by atoms with Crippen LogP contribution in [0.4, 0.5) is 0 Å². The van der Waals surface area contributed by atoms with E-state index in [0.717, 1.165) is 31.4 Å². The zero-order chi connectivity index (χ0) is 12.4. The Morgan fingerprint density at radius 1 is 1.25 bits per heavy atom. The molecule has 0 fully saturated rings. The van der Waals surface area contributed by atoms with E-state index in [1.165, 1.54) is 0 Å². The molecule has 0 unspecified atom stereocenters. The van der Waals surface area contributed by atoms with Crippen molar-refractivity contribution in [2.24, 2.45) is 16.6 Å². The summed E-state index contributed by atoms with van der Waals surface area (Å²) in [7, 11) is 0. The van der Waals surface area contributed by atoms with Crippen molar-refractivity contribution >= 4 is 28.9 Å². The maximum Gasteiger partial charge on any atom is 0.217 e. The summed E-state index contributed by atoms with van der Waals surface area (Å²) in [4.78, 5) is 10.7. The lowest BCUT2D eigenvalue weighted by atomic mass is 10.1. The van der Waals surface area contributed by atoms with Gasteiger partial charge >= 0.3 is 0 Å². The summed E-state index contributed by atoms with van der Waals surface area (Å²) in [5, 5.41) is 4.19. The largest absolute Gasteiger partial charge is 0.375 e. The number of hydrogen-bond donors (Lipinski definition) is 3. The fourth-order valence-electron chi connectivity index (χ4n) is 1.22. The average Bonchev–Trinajstić information content (AvgIpc) is 2.21. The van der Waals surface area contributed by atoms with Crippen LogP contribution in [0, 0.1) is 0 Å². The van der Waals surface area contributed by atoms with Gasteiger partial charge in [0.15, 0.2) is 5.11 Å². The Bertz CT molecular complexity index is 266. The molecule has 0 spiro atoms. The van der Waals surface area contributed by atoms with Gasteiger partial charge in [-0.25, -0.2) is 0 Å². The molecule has 0 radical (unpaired) electrons. The van der Waals surface area contributed by atoms with E-state index in [1.54, 1.807) is 0 Å². The molecule has 0 saturated heterocycles. The van der Waals surface area contributed by atoms with E-state index in [9.17, 15) is 4.79 Å². The topological polar surface area (TPSA) is 93.5 Å². The van der Waals surface area contributed by atoms with Crippen molar-refractivity contribution in [2.45, 2.75) is 45.4 Å². The molecule has 0 heterocycles. The van der Waals surface area contributed by atoms with Crippen LogP contribution >= 0.6 is 12.2 Å². The van der Waals surface area contributed by atoms with E-state index in [2.05, 4.69) is 29.7 Å². The van der Waals surface area contributed by atoms with Gasteiger partial charge in [0.05, 0.1) is 0 Å². The lowest BCUT2D eigenvalue weighted by Gasteiger charge is -2.05. The standard InChI is InChI=1S/C10H20N4OS/c1-2-3-4-5-8(6-7-9(11)15)13-14-10(12)16/h2-7H2,1H3,(H2,11,15)(H3,12,14,16). The third kappa shape index (κ3) is 9.39. The van der Waals surface area contributed by atoms with Gasteiger partial charge < -0.3 is 11.5 Å². The minimum Gasteiger partial charge on any atom is -0.375 e. The van der Waals surface area contributed by atoms with Gasteiger partial charge in [0, 0.05) is 12.1 Å². The van der Waals surface area contributed by atoms with Crippen LogP contribution in [-0.2, 0) is 4.79 Å². The first-order valence-corrected chi connectivity index (χ1v) is 5.86. The maximum atomic E-state index is 10.7. The number of hydrazone groups is 1. The Morgan fingerprint density at radius 2 is 1.94 bits per heavy atom. The van der Waals surface area contributed by atoms with E-state index in [1.807, 2.05) is 0 Å². The van der Waals surface area contributed by atoms with Crippen LogP contribution in [-0.4, -0.2) is 16.7 Å². The molecule has 0 aromatic rings. The fourth-order valence-corrected chi connectivity index (χ4v) is 1.26. The number of rotatable bonds is 8. The monoisotopic (exact) mass is 244 g/mol. The van der Waals surface area contributed by atoms with Crippen molar-refractivity contribution in [1.29, 1.82) is 0 Å². The second-order valence-corrected chi connectivity index (χ2v) is 4.02. The second-order valence-electron chi connectivity index (χ2n) is 3.58. The van der Waals surface area contributed by atoms with Crippen molar-refractivity contribution in [3.63, 3.8) is 0 Å². The van der Waals surface area contributed by atoms with Crippen LogP contribution in [0.25, 0.3) is 0 Å². The van der Waals surface area contributed by atoms with Gasteiger partial charge in [-0.15, -0.1) is 0 Å². The van der Waals surface area contributed by atoms with Crippen molar-refractivity contribution in [3.8, 4) is 0 Å². The number of hydrogen-bond acceptors (Lipinski definition) is 3. The molecule has 0 aliphatic rings. The molecular formula is C10H20N4OS. The summed E-state index contributed by atoms with van der Waals surface area (Å²) in [5.41, 5.74) is 13.8. The van der Waals surface area contributed by atoms with Gasteiger partial charge in [0.2, 0.25) is 5.91 Å². The van der Waals surface area contributed by atoms with Crippen LogP contribution in [0.3, 0.4) is 0 Å². The number of unbranched alkanes of at least 4 members (excludes halogenated alkanes) is 2. The summed E-state index contributed by atoms with van der Waals surface area (Å²) in [6, 6.07) is 0. The lowest BCUT2D eigenvalue weighted by molar-refractivity contribution is -0.117. The summed E-state index contributed by atoms with van der Waals surface area (Å²) in [6.07, 6.45) is 5.05. The first-order chi connectivity index (χ1) is 7.56. The highest BCUT2D eigenvalue weighted by Crippen LogP contribution is 2.05. The molecule has 16 heavy (non-hydrogen) atoms. The zero-order valence-corrected chi connectivity index (χ0v) is 10.5. The predicted molar refractivity (Wildman–Crippen MR) is 69.9 cm³/mol. The van der Waals surface area contributed by atoms with Crippen LogP contribution in [0.15, 0.2) is 5.10 Å². The van der Waals surface area contributed by atoms with Crippen LogP contribution in [0.5, 0.6) is 0 Å². The van der Waals surface area contributed by atoms with E-state index >= 15 is 0 Å². The minimum atomic E-state index is -0.321. The summed E-state index contributed by atoms with van der Waals surface area (Å²) >= 11 is 4.65. The molecule has 0 aromatic carbocycles. The number of nitrogens with one attached hydrogen (secondary N) is 1. The van der Waals surface area contributed by atoms with E-state index in [0.29, 0.717) is 12.8 Å². The molecule has 5 N–H and O–H groups in total.